The number of fused-ring (bicyclic) bond motifs is 2. The molecule has 3 aliphatic rings. The number of rotatable bonds is 3. The van der Waals surface area contributed by atoms with Gasteiger partial charge in [0.1, 0.15) is 5.01 Å². The molecule has 6 atom stereocenters. The van der Waals surface area contributed by atoms with Crippen LogP contribution in [0.3, 0.4) is 0 Å². The van der Waals surface area contributed by atoms with Crippen LogP contribution in [0.2, 0.25) is 0 Å². The summed E-state index contributed by atoms with van der Waals surface area (Å²) in [6.07, 6.45) is 2.55. The van der Waals surface area contributed by atoms with Gasteiger partial charge in [0.05, 0.1) is 11.8 Å². The number of thiophene rings is 1. The van der Waals surface area contributed by atoms with Gasteiger partial charge in [-0.3, -0.25) is 4.79 Å². The van der Waals surface area contributed by atoms with Crippen molar-refractivity contribution in [1.82, 2.24) is 9.88 Å². The van der Waals surface area contributed by atoms with E-state index in [0.29, 0.717) is 0 Å². The summed E-state index contributed by atoms with van der Waals surface area (Å²) in [5, 5.41) is 17.0. The molecule has 0 radical (unpaired) electrons. The number of aliphatic hydroxyl groups is 1. The second-order valence-electron chi connectivity index (χ2n) is 9.90. The second-order valence-corrected chi connectivity index (χ2v) is 13.0. The normalized spacial score (nSPS) is 34.1. The Morgan fingerprint density at radius 3 is 2.84 bits per heavy atom. The highest BCUT2D eigenvalue weighted by Gasteiger charge is 2.54. The van der Waals surface area contributed by atoms with Gasteiger partial charge in [-0.25, -0.2) is 4.98 Å². The maximum absolute atomic E-state index is 13.2. The van der Waals surface area contributed by atoms with Crippen LogP contribution in [-0.4, -0.2) is 51.6 Å². The van der Waals surface area contributed by atoms with Crippen molar-refractivity contribution < 1.29 is 9.90 Å². The molecule has 2 aromatic rings. The summed E-state index contributed by atoms with van der Waals surface area (Å²) in [5.74, 6) is 2.59. The first kappa shape index (κ1) is 21.9. The summed E-state index contributed by atoms with van der Waals surface area (Å²) in [6, 6.07) is 2.14. The monoisotopic (exact) mass is 476 g/mol. The third-order valence-corrected chi connectivity index (χ3v) is 10.8. The van der Waals surface area contributed by atoms with Crippen LogP contribution in [0.1, 0.15) is 50.1 Å². The van der Waals surface area contributed by atoms with Crippen molar-refractivity contribution in [3.05, 3.63) is 27.4 Å². The number of hydrogen-bond acceptors (Lipinski definition) is 6. The molecule has 4 nitrogen and oxygen atoms in total. The number of aromatic nitrogens is 1. The zero-order valence-electron chi connectivity index (χ0n) is 18.5. The van der Waals surface area contributed by atoms with Gasteiger partial charge in [-0.1, -0.05) is 20.8 Å². The summed E-state index contributed by atoms with van der Waals surface area (Å²) in [7, 11) is 0. The van der Waals surface area contributed by atoms with Gasteiger partial charge in [-0.05, 0) is 48.0 Å². The van der Waals surface area contributed by atoms with Gasteiger partial charge in [0, 0.05) is 52.3 Å². The van der Waals surface area contributed by atoms with Crippen LogP contribution in [0.25, 0.3) is 10.6 Å². The van der Waals surface area contributed by atoms with Gasteiger partial charge < -0.3 is 10.0 Å². The quantitative estimate of drug-likeness (QED) is 0.667. The van der Waals surface area contributed by atoms with E-state index in [4.69, 9.17) is 4.98 Å². The summed E-state index contributed by atoms with van der Waals surface area (Å²) < 4.78 is 0. The number of amides is 1. The van der Waals surface area contributed by atoms with E-state index in [9.17, 15) is 9.90 Å². The highest BCUT2D eigenvalue weighted by Crippen LogP contribution is 2.57. The predicted molar refractivity (Wildman–Crippen MR) is 131 cm³/mol. The number of carbonyl (C=O) groups is 1. The number of aliphatic hydroxyl groups excluding tert-OH is 1. The average Bonchev–Trinajstić information content (AvgIpc) is 3.43. The molecule has 3 heterocycles. The summed E-state index contributed by atoms with van der Waals surface area (Å²) in [5.41, 5.74) is 2.47. The third kappa shape index (κ3) is 3.79. The van der Waals surface area contributed by atoms with Gasteiger partial charge >= 0.3 is 0 Å². The summed E-state index contributed by atoms with van der Waals surface area (Å²) in [4.78, 5) is 21.7. The van der Waals surface area contributed by atoms with Gasteiger partial charge in [-0.2, -0.15) is 23.1 Å². The molecule has 1 saturated carbocycles. The molecular formula is C24H32N2O2S3. The molecule has 2 fully saturated rings. The first-order chi connectivity index (χ1) is 14.9. The van der Waals surface area contributed by atoms with E-state index in [0.717, 1.165) is 48.9 Å². The van der Waals surface area contributed by atoms with Crippen LogP contribution in [-0.2, 0) is 11.2 Å². The number of carbonyl (C=O) groups excluding carboxylic acids is 1. The fourth-order valence-electron chi connectivity index (χ4n) is 6.31. The van der Waals surface area contributed by atoms with Crippen molar-refractivity contribution in [3.8, 4) is 10.6 Å². The molecule has 1 aliphatic heterocycles. The maximum Gasteiger partial charge on any atom is 0.225 e. The molecule has 1 amide bonds. The van der Waals surface area contributed by atoms with E-state index in [2.05, 4.69) is 37.6 Å². The predicted octanol–water partition coefficient (Wildman–Crippen LogP) is 5.14. The minimum absolute atomic E-state index is 0.0409. The Kier molecular flexibility index (Phi) is 5.99. The fourth-order valence-corrected chi connectivity index (χ4v) is 9.29. The van der Waals surface area contributed by atoms with Crippen LogP contribution < -0.4 is 0 Å². The Morgan fingerprint density at radius 1 is 1.35 bits per heavy atom. The number of hydrogen-bond donors (Lipinski definition) is 1. The topological polar surface area (TPSA) is 53.4 Å². The van der Waals surface area contributed by atoms with Crippen molar-refractivity contribution in [3.63, 3.8) is 0 Å². The standard InChI is InChI=1S/C24H32N2O2S3/c1-14(23(28)26-7-10-29-11-8-26)17-4-6-24(3)12-18-20(15(2)19(24)21(17)27)25-22(31-18)16-5-9-30-13-16/h5,9,13-15,17,19,21,27H,4,6-8,10-12H2,1-3H3/t14-,15-,17+,19+,21-,24-/m0/s1. The van der Waals surface area contributed by atoms with E-state index < -0.39 is 6.10 Å². The van der Waals surface area contributed by atoms with Gasteiger partial charge in [0.2, 0.25) is 5.91 Å². The van der Waals surface area contributed by atoms with E-state index in [1.807, 2.05) is 28.0 Å². The van der Waals surface area contributed by atoms with Crippen LogP contribution in [0.5, 0.6) is 0 Å². The van der Waals surface area contributed by atoms with Crippen LogP contribution >= 0.6 is 34.4 Å². The van der Waals surface area contributed by atoms with Crippen molar-refractivity contribution >= 4 is 40.3 Å². The summed E-state index contributed by atoms with van der Waals surface area (Å²) in [6.45, 7) is 8.35. The van der Waals surface area contributed by atoms with Gasteiger partial charge in [-0.15, -0.1) is 11.3 Å². The highest BCUT2D eigenvalue weighted by molar-refractivity contribution is 7.99. The largest absolute Gasteiger partial charge is 0.392 e. The lowest BCUT2D eigenvalue weighted by atomic mass is 9.53. The lowest BCUT2D eigenvalue weighted by Gasteiger charge is -2.53. The molecule has 0 unspecified atom stereocenters. The van der Waals surface area contributed by atoms with Crippen LogP contribution in [0, 0.1) is 23.2 Å². The highest BCUT2D eigenvalue weighted by atomic mass is 32.2. The first-order valence-electron chi connectivity index (χ1n) is 11.5. The van der Waals surface area contributed by atoms with E-state index in [1.165, 1.54) is 16.1 Å². The Labute approximate surface area is 197 Å². The number of nitrogens with zero attached hydrogens (tertiary/aromatic N) is 2. The van der Waals surface area contributed by atoms with E-state index in [-0.39, 0.29) is 35.0 Å². The zero-order chi connectivity index (χ0) is 21.8. The molecule has 5 rings (SSSR count). The Hall–Kier alpha value is -0.890. The molecule has 2 aromatic heterocycles. The average molecular weight is 477 g/mol. The first-order valence-corrected chi connectivity index (χ1v) is 14.4. The Balaban J connectivity index is 1.40. The van der Waals surface area contributed by atoms with Gasteiger partial charge in [0.25, 0.3) is 0 Å². The van der Waals surface area contributed by atoms with Crippen molar-refractivity contribution in [2.75, 3.05) is 24.6 Å². The maximum atomic E-state index is 13.2. The van der Waals surface area contributed by atoms with Crippen molar-refractivity contribution in [1.29, 1.82) is 0 Å². The van der Waals surface area contributed by atoms with Gasteiger partial charge in [0.15, 0.2) is 0 Å². The molecule has 1 N–H and O–H groups in total. The lowest BCUT2D eigenvalue weighted by molar-refractivity contribution is -0.144. The molecular weight excluding hydrogens is 444 g/mol. The molecule has 0 aromatic carbocycles. The molecule has 31 heavy (non-hydrogen) atoms. The molecule has 168 valence electrons. The minimum atomic E-state index is -0.452. The smallest absolute Gasteiger partial charge is 0.225 e. The van der Waals surface area contributed by atoms with Crippen LogP contribution in [0.15, 0.2) is 16.8 Å². The molecule has 7 heteroatoms. The molecule has 0 spiro atoms. The fraction of sp³-hybridized carbons (Fsp3) is 0.667. The van der Waals surface area contributed by atoms with E-state index in [1.54, 1.807) is 11.3 Å². The molecule has 2 aliphatic carbocycles. The van der Waals surface area contributed by atoms with Crippen LogP contribution in [0.4, 0.5) is 0 Å². The van der Waals surface area contributed by atoms with E-state index >= 15 is 0 Å². The molecule has 0 bridgehead atoms. The lowest BCUT2D eigenvalue weighted by Crippen LogP contribution is -2.54. The Morgan fingerprint density at radius 2 is 2.13 bits per heavy atom. The third-order valence-electron chi connectivity index (χ3n) is 8.04. The molecule has 1 saturated heterocycles. The SMILES string of the molecule is C[C@H](C(=O)N1CCSCC1)[C@H]1CC[C@@]2(C)Cc3sc(-c4ccsc4)nc3[C@@H](C)[C@@H]2[C@H]1O. The number of thiazole rings is 1. The number of thioether (sulfide) groups is 1. The van der Waals surface area contributed by atoms with Crippen molar-refractivity contribution in [2.45, 2.75) is 52.1 Å². The summed E-state index contributed by atoms with van der Waals surface area (Å²) >= 11 is 5.47. The zero-order valence-corrected chi connectivity index (χ0v) is 21.0. The van der Waals surface area contributed by atoms with Crippen molar-refractivity contribution in [2.24, 2.45) is 23.2 Å². The minimum Gasteiger partial charge on any atom is -0.392 e. The second kappa shape index (κ2) is 8.47. The Bertz CT molecular complexity index is 937.